The second-order valence-electron chi connectivity index (χ2n) is 3.69. The van der Waals surface area contributed by atoms with Crippen molar-refractivity contribution in [2.45, 2.75) is 12.5 Å². The molecular formula is C13H24INO6. The Hall–Kier alpha value is -0.440. The van der Waals surface area contributed by atoms with Gasteiger partial charge in [0.25, 0.3) is 0 Å². The Kier molecular flexibility index (Phi) is 21.3. The number of halogens is 1. The van der Waals surface area contributed by atoms with Crippen molar-refractivity contribution in [1.29, 1.82) is 0 Å². The fourth-order valence-electron chi connectivity index (χ4n) is 0.919. The smallest absolute Gasteiger partial charge is 0.227 e. The Morgan fingerprint density at radius 1 is 1.19 bits per heavy atom. The Labute approximate surface area is 139 Å². The van der Waals surface area contributed by atoms with Gasteiger partial charge in [0.1, 0.15) is 0 Å². The van der Waals surface area contributed by atoms with E-state index >= 15 is 0 Å². The molecule has 0 fully saturated rings. The molecule has 0 heterocycles. The number of hydrogen-bond donors (Lipinski definition) is 3. The average Bonchev–Trinajstić information content (AvgIpc) is 2.46. The molecule has 0 saturated carbocycles. The molecule has 0 aliphatic carbocycles. The summed E-state index contributed by atoms with van der Waals surface area (Å²) in [5.74, 6) is 2.09. The van der Waals surface area contributed by atoms with Gasteiger partial charge < -0.3 is 30.2 Å². The lowest BCUT2D eigenvalue weighted by Crippen LogP contribution is -2.17. The van der Waals surface area contributed by atoms with Crippen molar-refractivity contribution in [2.75, 3.05) is 50.7 Å². The van der Waals surface area contributed by atoms with Crippen LogP contribution in [0.2, 0.25) is 0 Å². The highest BCUT2D eigenvalue weighted by Gasteiger charge is 2.00. The monoisotopic (exact) mass is 417 g/mol. The summed E-state index contributed by atoms with van der Waals surface area (Å²) in [4.78, 5) is 9.58. The van der Waals surface area contributed by atoms with Crippen molar-refractivity contribution in [3.8, 4) is 12.3 Å². The lowest BCUT2D eigenvalue weighted by atomic mass is 10.3. The van der Waals surface area contributed by atoms with E-state index in [0.29, 0.717) is 43.9 Å². The Morgan fingerprint density at radius 3 is 2.10 bits per heavy atom. The van der Waals surface area contributed by atoms with E-state index in [1.165, 1.54) is 0 Å². The molecule has 0 aliphatic rings. The van der Waals surface area contributed by atoms with Crippen LogP contribution in [0.4, 0.5) is 0 Å². The van der Waals surface area contributed by atoms with Crippen LogP contribution in [0.3, 0.4) is 0 Å². The molecule has 0 radical (unpaired) electrons. The highest BCUT2D eigenvalue weighted by atomic mass is 127. The number of amides is 1. The van der Waals surface area contributed by atoms with Crippen LogP contribution in [0.1, 0.15) is 6.42 Å². The predicted octanol–water partition coefficient (Wildman–Crippen LogP) is -0.681. The van der Waals surface area contributed by atoms with Gasteiger partial charge in [0.05, 0.1) is 56.8 Å². The number of hydrogen-bond acceptors (Lipinski definition) is 6. The number of carbonyl (C=O) groups is 1. The van der Waals surface area contributed by atoms with Gasteiger partial charge in [0.2, 0.25) is 5.91 Å². The number of alkyl halides is 1. The Bertz CT molecular complexity index is 272. The van der Waals surface area contributed by atoms with Crippen LogP contribution in [0.5, 0.6) is 0 Å². The first-order chi connectivity index (χ1) is 10.1. The van der Waals surface area contributed by atoms with E-state index in [9.17, 15) is 9.90 Å². The molecule has 0 rings (SSSR count). The summed E-state index contributed by atoms with van der Waals surface area (Å²) in [6, 6.07) is 0. The molecule has 0 aromatic carbocycles. The first-order valence-electron chi connectivity index (χ1n) is 6.38. The van der Waals surface area contributed by atoms with Crippen molar-refractivity contribution in [3.63, 3.8) is 0 Å². The normalized spacial score (nSPS) is 11.1. The zero-order chi connectivity index (χ0) is 16.3. The van der Waals surface area contributed by atoms with Crippen molar-refractivity contribution in [3.05, 3.63) is 0 Å². The van der Waals surface area contributed by atoms with Gasteiger partial charge in [-0.25, -0.2) is 0 Å². The van der Waals surface area contributed by atoms with E-state index in [1.807, 2.05) is 22.6 Å². The zero-order valence-corrected chi connectivity index (χ0v) is 14.2. The molecule has 0 aromatic rings. The van der Waals surface area contributed by atoms with Gasteiger partial charge >= 0.3 is 0 Å². The maximum atomic E-state index is 9.58. The molecule has 1 unspecified atom stereocenters. The van der Waals surface area contributed by atoms with Gasteiger partial charge in [-0.15, -0.1) is 12.3 Å². The molecule has 8 heteroatoms. The van der Waals surface area contributed by atoms with E-state index < -0.39 is 6.10 Å². The van der Waals surface area contributed by atoms with Crippen LogP contribution in [-0.4, -0.2) is 72.9 Å². The van der Waals surface area contributed by atoms with Crippen molar-refractivity contribution in [2.24, 2.45) is 5.73 Å². The first-order valence-corrected chi connectivity index (χ1v) is 7.90. The molecule has 0 aliphatic heterocycles. The number of terminal acetylenes is 1. The number of nitrogens with two attached hydrogens (primary N) is 1. The summed E-state index contributed by atoms with van der Waals surface area (Å²) in [5, 5.41) is 17.6. The molecule has 7 nitrogen and oxygen atoms in total. The lowest BCUT2D eigenvalue weighted by molar-refractivity contribution is -0.115. The Balaban J connectivity index is 0. The first kappa shape index (κ1) is 22.8. The highest BCUT2D eigenvalue weighted by molar-refractivity contribution is 14.1. The summed E-state index contributed by atoms with van der Waals surface area (Å²) in [6.07, 6.45) is 4.72. The number of carbonyl (C=O) groups excluding carboxylic acids is 1. The summed E-state index contributed by atoms with van der Waals surface area (Å²) in [6.45, 7) is 2.38. The van der Waals surface area contributed by atoms with E-state index in [0.717, 1.165) is 0 Å². The van der Waals surface area contributed by atoms with Crippen LogP contribution >= 0.6 is 22.6 Å². The van der Waals surface area contributed by atoms with Gasteiger partial charge in [0, 0.05) is 6.42 Å². The summed E-state index contributed by atoms with van der Waals surface area (Å²) < 4.78 is 15.7. The number of aliphatic hydroxyl groups is 2. The fraction of sp³-hybridized carbons (Fsp3) is 0.769. The van der Waals surface area contributed by atoms with Gasteiger partial charge in [-0.05, 0) is 0 Å². The maximum absolute atomic E-state index is 9.58. The van der Waals surface area contributed by atoms with Crippen LogP contribution in [-0.2, 0) is 19.0 Å². The quantitative estimate of drug-likeness (QED) is 0.168. The zero-order valence-electron chi connectivity index (χ0n) is 12.0. The third-order valence-corrected chi connectivity index (χ3v) is 2.53. The van der Waals surface area contributed by atoms with E-state index in [2.05, 4.69) is 11.7 Å². The molecule has 1 amide bonds. The lowest BCUT2D eigenvalue weighted by Gasteiger charge is -2.08. The van der Waals surface area contributed by atoms with E-state index in [1.54, 1.807) is 0 Å². The molecule has 4 N–H and O–H groups in total. The number of primary amides is 1. The number of ether oxygens (including phenoxy) is 3. The predicted molar refractivity (Wildman–Crippen MR) is 87.1 cm³/mol. The highest BCUT2D eigenvalue weighted by Crippen LogP contribution is 1.90. The summed E-state index contributed by atoms with van der Waals surface area (Å²) in [5.41, 5.74) is 4.65. The minimum absolute atomic E-state index is 0.0240. The topological polar surface area (TPSA) is 111 Å². The van der Waals surface area contributed by atoms with Crippen molar-refractivity contribution in [1.82, 2.24) is 0 Å². The van der Waals surface area contributed by atoms with Gasteiger partial charge in [-0.1, -0.05) is 22.6 Å². The second kappa shape index (κ2) is 19.6. The van der Waals surface area contributed by atoms with Gasteiger partial charge in [0.15, 0.2) is 0 Å². The average molecular weight is 417 g/mol. The maximum Gasteiger partial charge on any atom is 0.227 e. The van der Waals surface area contributed by atoms with E-state index in [4.69, 9.17) is 25.7 Å². The summed E-state index contributed by atoms with van der Waals surface area (Å²) in [7, 11) is 0. The third kappa shape index (κ3) is 24.9. The standard InChI is InChI=1S/C11H20O5.C2H4INO/c1-2-3-11(13)10-16-9-8-15-7-6-14-5-4-12;3-1-2(4)5/h1,11-13H,3-10H2;1H2,(H2,4,5). The molecule has 0 aromatic heterocycles. The van der Waals surface area contributed by atoms with Gasteiger partial charge in [-0.2, -0.15) is 0 Å². The summed E-state index contributed by atoms with van der Waals surface area (Å²) >= 11 is 1.90. The Morgan fingerprint density at radius 2 is 1.67 bits per heavy atom. The van der Waals surface area contributed by atoms with E-state index in [-0.39, 0.29) is 19.1 Å². The molecule has 1 atom stereocenters. The van der Waals surface area contributed by atoms with Crippen LogP contribution < -0.4 is 5.73 Å². The second-order valence-corrected chi connectivity index (χ2v) is 4.45. The minimum atomic E-state index is -0.599. The minimum Gasteiger partial charge on any atom is -0.394 e. The van der Waals surface area contributed by atoms with Crippen LogP contribution in [0.15, 0.2) is 0 Å². The van der Waals surface area contributed by atoms with Crippen molar-refractivity contribution < 1.29 is 29.2 Å². The molecule has 0 spiro atoms. The largest absolute Gasteiger partial charge is 0.394 e. The fourth-order valence-corrected chi connectivity index (χ4v) is 0.919. The number of rotatable bonds is 12. The SMILES string of the molecule is C#CCC(O)COCCOCCOCCO.NC(=O)CI. The molecule has 21 heavy (non-hydrogen) atoms. The third-order valence-electron chi connectivity index (χ3n) is 1.78. The van der Waals surface area contributed by atoms with Crippen LogP contribution in [0, 0.1) is 12.3 Å². The molecular weight excluding hydrogens is 393 g/mol. The number of aliphatic hydroxyl groups excluding tert-OH is 2. The van der Waals surface area contributed by atoms with Gasteiger partial charge in [-0.3, -0.25) is 4.79 Å². The van der Waals surface area contributed by atoms with Crippen LogP contribution in [0.25, 0.3) is 0 Å². The van der Waals surface area contributed by atoms with Crippen molar-refractivity contribution >= 4 is 28.5 Å². The molecule has 0 bridgehead atoms. The molecule has 124 valence electrons. The molecule has 0 saturated heterocycles.